The molecule has 1 fully saturated rings. The van der Waals surface area contributed by atoms with Crippen LogP contribution < -0.4 is 11.1 Å². The third-order valence-corrected chi connectivity index (χ3v) is 7.20. The summed E-state index contributed by atoms with van der Waals surface area (Å²) in [5, 5.41) is 17.0. The molecule has 41 heavy (non-hydrogen) atoms. The van der Waals surface area contributed by atoms with Crippen LogP contribution in [-0.2, 0) is 13.1 Å². The van der Waals surface area contributed by atoms with Gasteiger partial charge < -0.3 is 16.0 Å². The van der Waals surface area contributed by atoms with Crippen LogP contribution in [0.2, 0.25) is 0 Å². The van der Waals surface area contributed by atoms with Crippen molar-refractivity contribution in [2.24, 2.45) is 0 Å². The van der Waals surface area contributed by atoms with E-state index in [-0.39, 0.29) is 0 Å². The highest BCUT2D eigenvalue weighted by molar-refractivity contribution is 5.67. The number of nitrogen functional groups attached to an aromatic ring is 1. The molecule has 0 saturated carbocycles. The number of nitrogens with two attached hydrogens (primary N) is 1. The molecule has 0 spiro atoms. The molecule has 2 aromatic carbocycles. The molecule has 3 aromatic heterocycles. The first kappa shape index (κ1) is 26.1. The lowest BCUT2D eigenvalue weighted by Crippen LogP contribution is -2.24. The first-order valence-electron chi connectivity index (χ1n) is 13.7. The summed E-state index contributed by atoms with van der Waals surface area (Å²) >= 11 is 0. The molecule has 4 heterocycles. The summed E-state index contributed by atoms with van der Waals surface area (Å²) in [6.07, 6.45) is 11.8. The largest absolute Gasteiger partial charge is 0.381 e. The number of nitriles is 1. The van der Waals surface area contributed by atoms with Gasteiger partial charge in [0.2, 0.25) is 0 Å². The Bertz CT molecular complexity index is 1680. The van der Waals surface area contributed by atoms with Crippen molar-refractivity contribution in [1.29, 1.82) is 5.26 Å². The fourth-order valence-corrected chi connectivity index (χ4v) is 4.93. The van der Waals surface area contributed by atoms with Crippen molar-refractivity contribution in [1.82, 2.24) is 34.6 Å². The molecular weight excluding hydrogens is 512 g/mol. The molecule has 5 aromatic rings. The first-order valence-corrected chi connectivity index (χ1v) is 13.7. The van der Waals surface area contributed by atoms with Gasteiger partial charge in [0.1, 0.15) is 0 Å². The Labute approximate surface area is 238 Å². The van der Waals surface area contributed by atoms with Crippen molar-refractivity contribution in [3.05, 3.63) is 90.6 Å². The quantitative estimate of drug-likeness (QED) is 0.273. The van der Waals surface area contributed by atoms with Crippen LogP contribution in [0.5, 0.6) is 0 Å². The van der Waals surface area contributed by atoms with Crippen molar-refractivity contribution in [2.75, 3.05) is 30.7 Å². The van der Waals surface area contributed by atoms with Crippen LogP contribution >= 0.6 is 0 Å². The van der Waals surface area contributed by atoms with Gasteiger partial charge in [0.05, 0.1) is 36.3 Å². The Kier molecular flexibility index (Phi) is 7.60. The van der Waals surface area contributed by atoms with E-state index >= 15 is 0 Å². The minimum Gasteiger partial charge on any atom is -0.381 e. The maximum absolute atomic E-state index is 9.21. The van der Waals surface area contributed by atoms with E-state index < -0.39 is 0 Å². The van der Waals surface area contributed by atoms with Crippen molar-refractivity contribution >= 4 is 11.6 Å². The van der Waals surface area contributed by atoms with Gasteiger partial charge in [-0.25, -0.2) is 19.9 Å². The van der Waals surface area contributed by atoms with Crippen molar-refractivity contribution in [2.45, 2.75) is 25.9 Å². The maximum atomic E-state index is 9.21. The molecule has 0 unspecified atom stereocenters. The Morgan fingerprint density at radius 1 is 0.854 bits per heavy atom. The third-order valence-electron chi connectivity index (χ3n) is 7.20. The number of nitrogens with one attached hydrogen (secondary N) is 1. The summed E-state index contributed by atoms with van der Waals surface area (Å²) in [7, 11) is 0. The van der Waals surface area contributed by atoms with Gasteiger partial charge in [-0.2, -0.15) is 10.4 Å². The summed E-state index contributed by atoms with van der Waals surface area (Å²) in [4.78, 5) is 20.7. The standard InChI is InChI=1S/C31H30N10/c32-15-22-5-3-7-24(13-22)28-20-34-29(33)31(39-28)35-16-23-6-4-8-25(14-23)30-36-17-26(18-37-30)27-19-38-41(21-27)12-11-40-9-1-2-10-40/h3-8,13-14,17-21H,1-2,9-12,16H2,(H2,33,34)(H,35,39). The van der Waals surface area contributed by atoms with E-state index in [1.165, 1.54) is 25.9 Å². The molecule has 10 nitrogen and oxygen atoms in total. The van der Waals surface area contributed by atoms with Crippen LogP contribution in [-0.4, -0.2) is 54.3 Å². The second-order valence-electron chi connectivity index (χ2n) is 10.1. The molecular formula is C31H30N10. The molecule has 0 aliphatic carbocycles. The minimum absolute atomic E-state index is 0.305. The first-order chi connectivity index (χ1) is 20.1. The van der Waals surface area contributed by atoms with Crippen molar-refractivity contribution in [3.8, 4) is 39.8 Å². The van der Waals surface area contributed by atoms with E-state index in [2.05, 4.69) is 47.5 Å². The van der Waals surface area contributed by atoms with Gasteiger partial charge in [-0.05, 0) is 49.7 Å². The fraction of sp³-hybridized carbons (Fsp3) is 0.226. The fourth-order valence-electron chi connectivity index (χ4n) is 4.93. The maximum Gasteiger partial charge on any atom is 0.169 e. The van der Waals surface area contributed by atoms with Crippen LogP contribution in [0, 0.1) is 11.3 Å². The van der Waals surface area contributed by atoms with Crippen LogP contribution in [0.25, 0.3) is 33.8 Å². The average Bonchev–Trinajstić information content (AvgIpc) is 3.73. The lowest BCUT2D eigenvalue weighted by molar-refractivity contribution is 0.316. The third kappa shape index (κ3) is 6.21. The number of aromatic nitrogens is 6. The SMILES string of the molecule is N#Cc1cccc(-c2cnc(N)c(NCc3cccc(-c4ncc(-c5cnn(CCN6CCCC6)c5)cn4)c3)n2)c1. The van der Waals surface area contributed by atoms with Crippen molar-refractivity contribution < 1.29 is 0 Å². The van der Waals surface area contributed by atoms with Crippen LogP contribution in [0.3, 0.4) is 0 Å². The number of hydrogen-bond donors (Lipinski definition) is 2. The molecule has 10 heteroatoms. The second kappa shape index (κ2) is 11.9. The van der Waals surface area contributed by atoms with E-state index in [9.17, 15) is 5.26 Å². The topological polar surface area (TPSA) is 134 Å². The number of anilines is 2. The Morgan fingerprint density at radius 3 is 2.49 bits per heavy atom. The van der Waals surface area contributed by atoms with Gasteiger partial charge in [-0.15, -0.1) is 0 Å². The summed E-state index contributed by atoms with van der Waals surface area (Å²) in [6, 6.07) is 17.4. The van der Waals surface area contributed by atoms with E-state index in [4.69, 9.17) is 5.73 Å². The van der Waals surface area contributed by atoms with E-state index in [1.807, 2.05) is 59.7 Å². The number of hydrogen-bond acceptors (Lipinski definition) is 9. The molecule has 0 radical (unpaired) electrons. The molecule has 1 aliphatic rings. The zero-order chi connectivity index (χ0) is 28.0. The highest BCUT2D eigenvalue weighted by Crippen LogP contribution is 2.24. The number of likely N-dealkylation sites (tertiary alicyclic amines) is 1. The average molecular weight is 543 g/mol. The number of benzene rings is 2. The van der Waals surface area contributed by atoms with E-state index in [1.54, 1.807) is 18.3 Å². The van der Waals surface area contributed by atoms with Gasteiger partial charge in [-0.1, -0.05) is 30.3 Å². The van der Waals surface area contributed by atoms with Crippen LogP contribution in [0.15, 0.2) is 79.5 Å². The number of nitrogens with zero attached hydrogens (tertiary/aromatic N) is 8. The van der Waals surface area contributed by atoms with Gasteiger partial charge >= 0.3 is 0 Å². The summed E-state index contributed by atoms with van der Waals surface area (Å²) < 4.78 is 1.99. The molecule has 204 valence electrons. The molecule has 0 bridgehead atoms. The van der Waals surface area contributed by atoms with Crippen LogP contribution in [0.1, 0.15) is 24.0 Å². The lowest BCUT2D eigenvalue weighted by atomic mass is 10.1. The highest BCUT2D eigenvalue weighted by atomic mass is 15.3. The molecule has 0 atom stereocenters. The molecule has 6 rings (SSSR count). The van der Waals surface area contributed by atoms with E-state index in [0.29, 0.717) is 35.3 Å². The zero-order valence-corrected chi connectivity index (χ0v) is 22.6. The summed E-state index contributed by atoms with van der Waals surface area (Å²) in [6.45, 7) is 4.78. The summed E-state index contributed by atoms with van der Waals surface area (Å²) in [5.41, 5.74) is 12.0. The zero-order valence-electron chi connectivity index (χ0n) is 22.6. The van der Waals surface area contributed by atoms with Gasteiger partial charge in [0, 0.05) is 53.9 Å². The van der Waals surface area contributed by atoms with E-state index in [0.717, 1.165) is 40.9 Å². The predicted molar refractivity (Wildman–Crippen MR) is 158 cm³/mol. The Balaban J connectivity index is 1.11. The predicted octanol–water partition coefficient (Wildman–Crippen LogP) is 4.63. The van der Waals surface area contributed by atoms with Gasteiger partial charge in [0.25, 0.3) is 0 Å². The normalized spacial score (nSPS) is 13.2. The van der Waals surface area contributed by atoms with Gasteiger partial charge in [0.15, 0.2) is 17.5 Å². The molecule has 3 N–H and O–H groups in total. The second-order valence-corrected chi connectivity index (χ2v) is 10.1. The minimum atomic E-state index is 0.305. The smallest absolute Gasteiger partial charge is 0.169 e. The van der Waals surface area contributed by atoms with Crippen molar-refractivity contribution in [3.63, 3.8) is 0 Å². The Hall–Kier alpha value is -5.14. The van der Waals surface area contributed by atoms with Gasteiger partial charge in [-0.3, -0.25) is 4.68 Å². The summed E-state index contributed by atoms with van der Waals surface area (Å²) in [5.74, 6) is 1.44. The highest BCUT2D eigenvalue weighted by Gasteiger charge is 2.12. The molecule has 1 saturated heterocycles. The molecule has 0 amide bonds. The monoisotopic (exact) mass is 542 g/mol. The lowest BCUT2D eigenvalue weighted by Gasteiger charge is -2.13. The number of rotatable bonds is 9. The Morgan fingerprint density at radius 2 is 1.66 bits per heavy atom. The molecule has 1 aliphatic heterocycles. The van der Waals surface area contributed by atoms with Crippen LogP contribution in [0.4, 0.5) is 11.6 Å².